The molecule has 4 rings (SSSR count). The number of benzene rings is 4. The predicted octanol–water partition coefficient (Wildman–Crippen LogP) is 7.40. The molecule has 0 unspecified atom stereocenters. The van der Waals surface area contributed by atoms with Gasteiger partial charge >= 0.3 is 0 Å². The molecule has 27 heavy (non-hydrogen) atoms. The fourth-order valence-electron chi connectivity index (χ4n) is 3.49. The van der Waals surface area contributed by atoms with Gasteiger partial charge in [-0.15, -0.1) is 0 Å². The van der Waals surface area contributed by atoms with Crippen molar-refractivity contribution in [1.29, 1.82) is 0 Å². The minimum absolute atomic E-state index is 0.190. The van der Waals surface area contributed by atoms with Crippen LogP contribution in [0.1, 0.15) is 18.9 Å². The van der Waals surface area contributed by atoms with Crippen molar-refractivity contribution in [2.24, 2.45) is 0 Å². The third-order valence-corrected chi connectivity index (χ3v) is 4.93. The van der Waals surface area contributed by atoms with E-state index in [1.165, 1.54) is 17.7 Å². The highest BCUT2D eigenvalue weighted by atomic mass is 19.1. The van der Waals surface area contributed by atoms with Crippen LogP contribution in [-0.2, 0) is 6.42 Å². The molecule has 0 radical (unpaired) electrons. The molecule has 0 aromatic heterocycles. The van der Waals surface area contributed by atoms with E-state index in [9.17, 15) is 4.39 Å². The van der Waals surface area contributed by atoms with Crippen molar-refractivity contribution in [2.45, 2.75) is 19.8 Å². The van der Waals surface area contributed by atoms with Crippen LogP contribution < -0.4 is 0 Å². The molecule has 4 aromatic carbocycles. The van der Waals surface area contributed by atoms with Crippen LogP contribution in [0.4, 0.5) is 8.78 Å². The smallest absolute Gasteiger partial charge is 0.138 e. The summed E-state index contributed by atoms with van der Waals surface area (Å²) in [6.45, 7) is 2.14. The molecule has 0 aliphatic heterocycles. The van der Waals surface area contributed by atoms with Gasteiger partial charge in [0.05, 0.1) is 0 Å². The number of hydrogen-bond acceptors (Lipinski definition) is 0. The molecule has 0 amide bonds. The largest absolute Gasteiger partial charge is 0.207 e. The molecule has 0 heterocycles. The minimum Gasteiger partial charge on any atom is -0.207 e. The molecule has 0 fully saturated rings. The highest BCUT2D eigenvalue weighted by Crippen LogP contribution is 2.31. The van der Waals surface area contributed by atoms with Gasteiger partial charge in [0.15, 0.2) is 0 Å². The Kier molecular flexibility index (Phi) is 4.72. The fourth-order valence-corrected chi connectivity index (χ4v) is 3.49. The van der Waals surface area contributed by atoms with Gasteiger partial charge in [0.1, 0.15) is 11.6 Å². The van der Waals surface area contributed by atoms with Gasteiger partial charge < -0.3 is 0 Å². The molecular weight excluding hydrogens is 338 g/mol. The van der Waals surface area contributed by atoms with E-state index in [4.69, 9.17) is 0 Å². The maximum Gasteiger partial charge on any atom is 0.138 e. The maximum absolute atomic E-state index is 15.1. The second-order valence-corrected chi connectivity index (χ2v) is 6.82. The molecule has 0 nitrogen and oxygen atoms in total. The van der Waals surface area contributed by atoms with Crippen molar-refractivity contribution < 1.29 is 8.78 Å². The molecule has 134 valence electrons. The van der Waals surface area contributed by atoms with Gasteiger partial charge in [0, 0.05) is 10.9 Å². The molecule has 0 saturated carbocycles. The Hall–Kier alpha value is -3.00. The maximum atomic E-state index is 15.1. The predicted molar refractivity (Wildman–Crippen MR) is 109 cm³/mol. The Morgan fingerprint density at radius 2 is 1.30 bits per heavy atom. The molecular formula is C25H20F2. The van der Waals surface area contributed by atoms with Crippen LogP contribution in [0, 0.1) is 11.6 Å². The molecule has 0 aliphatic rings. The lowest BCUT2D eigenvalue weighted by molar-refractivity contribution is 0.628. The van der Waals surface area contributed by atoms with E-state index in [2.05, 4.69) is 13.0 Å². The first-order valence-corrected chi connectivity index (χ1v) is 9.23. The molecule has 0 aliphatic carbocycles. The average molecular weight is 358 g/mol. The first-order valence-electron chi connectivity index (χ1n) is 9.23. The van der Waals surface area contributed by atoms with Crippen LogP contribution in [0.3, 0.4) is 0 Å². The number of aryl methyl sites for hydroxylation is 1. The quantitative estimate of drug-likeness (QED) is 0.356. The van der Waals surface area contributed by atoms with Crippen molar-refractivity contribution in [3.05, 3.63) is 96.1 Å². The summed E-state index contributed by atoms with van der Waals surface area (Å²) in [6, 6.07) is 23.9. The molecule has 2 heteroatoms. The van der Waals surface area contributed by atoms with Crippen LogP contribution in [0.25, 0.3) is 33.0 Å². The van der Waals surface area contributed by atoms with E-state index < -0.39 is 0 Å². The normalized spacial score (nSPS) is 11.1. The Morgan fingerprint density at radius 3 is 1.96 bits per heavy atom. The number of rotatable bonds is 4. The minimum atomic E-state index is -0.254. The van der Waals surface area contributed by atoms with Crippen LogP contribution in [0.2, 0.25) is 0 Å². The van der Waals surface area contributed by atoms with Crippen molar-refractivity contribution in [3.8, 4) is 22.3 Å². The third kappa shape index (κ3) is 3.48. The van der Waals surface area contributed by atoms with Crippen molar-refractivity contribution in [2.75, 3.05) is 0 Å². The van der Waals surface area contributed by atoms with Gasteiger partial charge in [0.2, 0.25) is 0 Å². The van der Waals surface area contributed by atoms with Gasteiger partial charge in [-0.05, 0) is 46.2 Å². The van der Waals surface area contributed by atoms with Crippen molar-refractivity contribution >= 4 is 10.8 Å². The Morgan fingerprint density at radius 1 is 0.667 bits per heavy atom. The zero-order valence-corrected chi connectivity index (χ0v) is 15.2. The van der Waals surface area contributed by atoms with Crippen LogP contribution in [0.15, 0.2) is 78.9 Å². The van der Waals surface area contributed by atoms with Crippen LogP contribution in [-0.4, -0.2) is 0 Å². The van der Waals surface area contributed by atoms with Crippen LogP contribution >= 0.6 is 0 Å². The van der Waals surface area contributed by atoms with Crippen molar-refractivity contribution in [3.63, 3.8) is 0 Å². The third-order valence-electron chi connectivity index (χ3n) is 4.93. The lowest BCUT2D eigenvalue weighted by Crippen LogP contribution is -1.89. The standard InChI is InChI=1S/C25H20F2/c1-2-3-17-4-14-24-21(16-17)11-15-23(25(24)27)20-7-5-18(6-8-20)19-9-12-22(26)13-10-19/h4-16H,2-3H2,1H3. The first-order chi connectivity index (χ1) is 13.2. The van der Waals surface area contributed by atoms with Crippen molar-refractivity contribution in [1.82, 2.24) is 0 Å². The molecule has 0 bridgehead atoms. The second kappa shape index (κ2) is 7.32. The number of hydrogen-bond donors (Lipinski definition) is 0. The van der Waals surface area contributed by atoms with E-state index >= 15 is 4.39 Å². The zero-order valence-electron chi connectivity index (χ0n) is 15.2. The molecule has 0 N–H and O–H groups in total. The Bertz CT molecular complexity index is 1080. The van der Waals surface area contributed by atoms with Crippen LogP contribution in [0.5, 0.6) is 0 Å². The summed E-state index contributed by atoms with van der Waals surface area (Å²) >= 11 is 0. The Labute approximate surface area is 158 Å². The lowest BCUT2D eigenvalue weighted by Gasteiger charge is -2.10. The van der Waals surface area contributed by atoms with Gasteiger partial charge in [-0.2, -0.15) is 0 Å². The first kappa shape index (κ1) is 17.4. The monoisotopic (exact) mass is 358 g/mol. The van der Waals surface area contributed by atoms with E-state index in [0.717, 1.165) is 34.9 Å². The van der Waals surface area contributed by atoms with Gasteiger partial charge in [-0.3, -0.25) is 0 Å². The van der Waals surface area contributed by atoms with E-state index in [-0.39, 0.29) is 11.6 Å². The summed E-state index contributed by atoms with van der Waals surface area (Å²) in [5, 5.41) is 1.58. The molecule has 4 aromatic rings. The van der Waals surface area contributed by atoms with E-state index in [1.807, 2.05) is 48.5 Å². The summed E-state index contributed by atoms with van der Waals surface area (Å²) in [4.78, 5) is 0. The van der Waals surface area contributed by atoms with Gasteiger partial charge in [0.25, 0.3) is 0 Å². The fraction of sp³-hybridized carbons (Fsp3) is 0.120. The average Bonchev–Trinajstić information content (AvgIpc) is 2.69. The zero-order chi connectivity index (χ0) is 18.8. The molecule has 0 spiro atoms. The van der Waals surface area contributed by atoms with E-state index in [1.54, 1.807) is 12.1 Å². The number of halogens is 2. The van der Waals surface area contributed by atoms with Gasteiger partial charge in [-0.25, -0.2) is 8.78 Å². The lowest BCUT2D eigenvalue weighted by atomic mass is 9.96. The summed E-state index contributed by atoms with van der Waals surface area (Å²) in [6.07, 6.45) is 2.08. The highest BCUT2D eigenvalue weighted by Gasteiger charge is 2.10. The summed E-state index contributed by atoms with van der Waals surface area (Å²) < 4.78 is 28.2. The summed E-state index contributed by atoms with van der Waals surface area (Å²) in [7, 11) is 0. The SMILES string of the molecule is CCCc1ccc2c(F)c(-c3ccc(-c4ccc(F)cc4)cc3)ccc2c1. The topological polar surface area (TPSA) is 0 Å². The number of fused-ring (bicyclic) bond motifs is 1. The van der Waals surface area contributed by atoms with E-state index in [0.29, 0.717) is 10.9 Å². The Balaban J connectivity index is 1.70. The second-order valence-electron chi connectivity index (χ2n) is 6.82. The molecule has 0 saturated heterocycles. The van der Waals surface area contributed by atoms with Gasteiger partial charge in [-0.1, -0.05) is 80.1 Å². The highest BCUT2D eigenvalue weighted by molar-refractivity contribution is 5.89. The summed E-state index contributed by atoms with van der Waals surface area (Å²) in [5.74, 6) is -0.444. The molecule has 0 atom stereocenters. The summed E-state index contributed by atoms with van der Waals surface area (Å²) in [5.41, 5.74) is 4.57.